The third kappa shape index (κ3) is 0.744. The van der Waals surface area contributed by atoms with Crippen molar-refractivity contribution in [3.05, 3.63) is 5.21 Å². The van der Waals surface area contributed by atoms with Crippen molar-refractivity contribution in [2.45, 2.75) is 0 Å². The first-order valence-electron chi connectivity index (χ1n) is 1.67. The minimum absolute atomic E-state index is 0.583. The Kier molecular flexibility index (Phi) is 1.15. The van der Waals surface area contributed by atoms with E-state index in [9.17, 15) is 5.21 Å². The van der Waals surface area contributed by atoms with Crippen LogP contribution in [0.5, 0.6) is 0 Å². The molecule has 0 aliphatic carbocycles. The fourth-order valence-electron chi connectivity index (χ4n) is 0.282. The summed E-state index contributed by atoms with van der Waals surface area (Å²) in [6.45, 7) is 0.588. The van der Waals surface area contributed by atoms with Gasteiger partial charge in [0.15, 0.2) is 0 Å². The Labute approximate surface area is 36.9 Å². The van der Waals surface area contributed by atoms with Crippen molar-refractivity contribution in [1.82, 2.24) is 0 Å². The molecule has 0 spiro atoms. The number of hydrogen-bond donors (Lipinski definition) is 0. The van der Waals surface area contributed by atoms with Crippen molar-refractivity contribution in [3.8, 4) is 0 Å². The van der Waals surface area contributed by atoms with Gasteiger partial charge in [0.05, 0.1) is 6.16 Å². The van der Waals surface area contributed by atoms with Crippen LogP contribution in [0.1, 0.15) is 0 Å². The molecule has 3 nitrogen and oxygen atoms in total. The summed E-state index contributed by atoms with van der Waals surface area (Å²) in [5.74, 6) is 0. The minimum Gasteiger partial charge on any atom is -0.512 e. The Hall–Kier alpha value is 0.0200. The van der Waals surface area contributed by atoms with Crippen LogP contribution in [0.4, 0.5) is 0 Å². The molecule has 0 fully saturated rings. The highest BCUT2D eigenvalue weighted by Gasteiger charge is 2.03. The molecule has 34 valence electrons. The Morgan fingerprint density at radius 1 is 1.83 bits per heavy atom. The van der Waals surface area contributed by atoms with Crippen molar-refractivity contribution in [3.63, 3.8) is 0 Å². The molecule has 0 radical (unpaired) electrons. The van der Waals surface area contributed by atoms with Crippen molar-refractivity contribution in [2.24, 2.45) is 0 Å². The van der Waals surface area contributed by atoms with Gasteiger partial charge in [0.2, 0.25) is 0 Å². The standard InChI is InChI=1S/C2H4NO2P/c4-3-5-1-2-6-3/h1-2H2. The molecule has 0 unspecified atom stereocenters. The predicted octanol–water partition coefficient (Wildman–Crippen LogP) is 0.572. The van der Waals surface area contributed by atoms with Crippen LogP contribution in [0.25, 0.3) is 0 Å². The van der Waals surface area contributed by atoms with Crippen molar-refractivity contribution >= 4 is 8.37 Å². The Bertz CT molecular complexity index is 81.6. The zero-order valence-electron chi connectivity index (χ0n) is 3.13. The Morgan fingerprint density at radius 2 is 2.67 bits per heavy atom. The first kappa shape index (κ1) is 4.19. The lowest BCUT2D eigenvalue weighted by Crippen LogP contribution is -1.91. The smallest absolute Gasteiger partial charge is 0.256 e. The molecule has 0 amide bonds. The molecule has 1 aliphatic rings. The maximum atomic E-state index is 9.93. The maximum Gasteiger partial charge on any atom is 0.256 e. The molecule has 1 heterocycles. The number of nitrogens with zero attached hydrogens (tertiary/aromatic N) is 1. The Morgan fingerprint density at radius 3 is 2.83 bits per heavy atom. The summed E-state index contributed by atoms with van der Waals surface area (Å²) in [5.41, 5.74) is 0. The molecule has 1 aliphatic heterocycles. The fourth-order valence-corrected chi connectivity index (χ4v) is 0.772. The second-order valence-electron chi connectivity index (χ2n) is 0.936. The van der Waals surface area contributed by atoms with Gasteiger partial charge in [-0.3, -0.25) is 0 Å². The van der Waals surface area contributed by atoms with E-state index >= 15 is 0 Å². The molecule has 0 atom stereocenters. The second-order valence-corrected chi connectivity index (χ2v) is 1.99. The molecule has 6 heavy (non-hydrogen) atoms. The zero-order valence-corrected chi connectivity index (χ0v) is 4.02. The van der Waals surface area contributed by atoms with Crippen LogP contribution >= 0.6 is 8.37 Å². The van der Waals surface area contributed by atoms with Gasteiger partial charge in [-0.15, -0.1) is 4.84 Å². The van der Waals surface area contributed by atoms with Crippen LogP contribution in [-0.4, -0.2) is 17.4 Å². The van der Waals surface area contributed by atoms with Crippen molar-refractivity contribution < 1.29 is 9.49 Å². The summed E-state index contributed by atoms with van der Waals surface area (Å²) in [4.78, 5) is 4.42. The monoisotopic (exact) mass is 105 g/mol. The van der Waals surface area contributed by atoms with Crippen LogP contribution in [-0.2, 0) is 4.84 Å². The highest BCUT2D eigenvalue weighted by atomic mass is 31.1. The van der Waals surface area contributed by atoms with Gasteiger partial charge in [0.25, 0.3) is 8.37 Å². The van der Waals surface area contributed by atoms with Gasteiger partial charge in [-0.2, -0.15) is 0 Å². The molecule has 0 aromatic heterocycles. The summed E-state index contributed by atoms with van der Waals surface area (Å²) in [7, 11) is 0.745. The van der Waals surface area contributed by atoms with Gasteiger partial charge in [-0.25, -0.2) is 0 Å². The molecule has 4 heteroatoms. The molecule has 0 aromatic carbocycles. The summed E-state index contributed by atoms with van der Waals surface area (Å²) in [6.07, 6.45) is 0.851. The second kappa shape index (κ2) is 1.65. The van der Waals surface area contributed by atoms with Crippen LogP contribution in [0.3, 0.4) is 0 Å². The zero-order chi connectivity index (χ0) is 4.41. The van der Waals surface area contributed by atoms with Crippen LogP contribution in [0.15, 0.2) is 0 Å². The predicted molar refractivity (Wildman–Crippen MR) is 21.4 cm³/mol. The average Bonchev–Trinajstić information content (AvgIpc) is 1.86. The van der Waals surface area contributed by atoms with Gasteiger partial charge in [0, 0.05) is 0 Å². The highest BCUT2D eigenvalue weighted by Crippen LogP contribution is 2.05. The summed E-state index contributed by atoms with van der Waals surface area (Å²) >= 11 is 0. The fraction of sp³-hybridized carbons (Fsp3) is 1.00. The van der Waals surface area contributed by atoms with E-state index < -0.39 is 0 Å². The van der Waals surface area contributed by atoms with E-state index in [2.05, 4.69) is 4.84 Å². The molecule has 0 saturated heterocycles. The van der Waals surface area contributed by atoms with Gasteiger partial charge >= 0.3 is 0 Å². The van der Waals surface area contributed by atoms with Gasteiger partial charge in [-0.05, 0) is 0 Å². The molecule has 1 rings (SSSR count). The molecule has 0 bridgehead atoms. The normalized spacial score (nSPS) is 23.8. The lowest BCUT2D eigenvalue weighted by molar-refractivity contribution is -0.714. The van der Waals surface area contributed by atoms with E-state index in [1.165, 1.54) is 0 Å². The molecule has 0 saturated carbocycles. The van der Waals surface area contributed by atoms with E-state index in [1.54, 1.807) is 0 Å². The summed E-state index contributed by atoms with van der Waals surface area (Å²) in [5, 5.41) is 9.93. The lowest BCUT2D eigenvalue weighted by atomic mass is 10.9. The van der Waals surface area contributed by atoms with E-state index in [-0.39, 0.29) is 0 Å². The van der Waals surface area contributed by atoms with Crippen molar-refractivity contribution in [2.75, 3.05) is 12.8 Å². The van der Waals surface area contributed by atoms with E-state index in [4.69, 9.17) is 0 Å². The largest absolute Gasteiger partial charge is 0.512 e. The van der Waals surface area contributed by atoms with E-state index in [1.807, 2.05) is 0 Å². The van der Waals surface area contributed by atoms with Crippen LogP contribution in [0, 0.1) is 5.21 Å². The van der Waals surface area contributed by atoms with Gasteiger partial charge in [0.1, 0.15) is 6.61 Å². The average molecular weight is 105 g/mol. The SMILES string of the molecule is [O-][N+]1=PCCO1. The van der Waals surface area contributed by atoms with Crippen LogP contribution < -0.4 is 0 Å². The summed E-state index contributed by atoms with van der Waals surface area (Å²) in [6, 6.07) is 0. The topological polar surface area (TPSA) is 35.3 Å². The molecule has 0 aromatic rings. The number of rotatable bonds is 0. The number of hydrogen-bond acceptors (Lipinski definition) is 2. The Balaban J connectivity index is 2.45. The third-order valence-corrected chi connectivity index (χ3v) is 1.24. The molecule has 0 N–H and O–H groups in total. The quantitative estimate of drug-likeness (QED) is 0.333. The third-order valence-electron chi connectivity index (χ3n) is 0.508. The van der Waals surface area contributed by atoms with E-state index in [0.29, 0.717) is 11.3 Å². The lowest BCUT2D eigenvalue weighted by Gasteiger charge is -1.86. The highest BCUT2D eigenvalue weighted by molar-refractivity contribution is 7.23. The summed E-state index contributed by atoms with van der Waals surface area (Å²) < 4.78 is 0.583. The molecular formula is C2H4NO2P. The first-order valence-corrected chi connectivity index (χ1v) is 2.70. The van der Waals surface area contributed by atoms with Crippen LogP contribution in [0.2, 0.25) is 0 Å². The van der Waals surface area contributed by atoms with Gasteiger partial charge < -0.3 is 5.21 Å². The van der Waals surface area contributed by atoms with E-state index in [0.717, 1.165) is 14.5 Å². The minimum atomic E-state index is 0.583. The first-order chi connectivity index (χ1) is 2.89. The maximum absolute atomic E-state index is 9.93. The molecular weight excluding hydrogens is 101 g/mol. The van der Waals surface area contributed by atoms with Crippen molar-refractivity contribution in [1.29, 1.82) is 0 Å². The van der Waals surface area contributed by atoms with Gasteiger partial charge in [-0.1, -0.05) is 4.65 Å².